The number of hydrogen-bond donors (Lipinski definition) is 1. The van der Waals surface area contributed by atoms with Crippen molar-refractivity contribution in [3.8, 4) is 0 Å². The summed E-state index contributed by atoms with van der Waals surface area (Å²) in [6.07, 6.45) is 0. The highest BCUT2D eigenvalue weighted by Crippen LogP contribution is 2.18. The number of aryl methyl sites for hydroxylation is 1. The Kier molecular flexibility index (Phi) is 3.01. The molecule has 0 radical (unpaired) electrons. The molecule has 2 heterocycles. The Balaban J connectivity index is 1.97. The van der Waals surface area contributed by atoms with Crippen LogP contribution in [0.25, 0.3) is 21.9 Å². The van der Waals surface area contributed by atoms with E-state index in [1.807, 2.05) is 54.6 Å². The molecular weight excluding hydrogens is 290 g/mol. The molecule has 0 fully saturated rings. The second-order valence-corrected chi connectivity index (χ2v) is 5.19. The third-order valence-electron chi connectivity index (χ3n) is 3.66. The molecule has 0 aliphatic heterocycles. The lowest BCUT2D eigenvalue weighted by Gasteiger charge is -2.13. The van der Waals surface area contributed by atoms with Crippen molar-refractivity contribution in [3.63, 3.8) is 0 Å². The van der Waals surface area contributed by atoms with Crippen molar-refractivity contribution in [2.75, 3.05) is 5.43 Å². The number of anilines is 1. The van der Waals surface area contributed by atoms with Crippen molar-refractivity contribution >= 4 is 27.6 Å². The smallest absolute Gasteiger partial charge is 0.290 e. The summed E-state index contributed by atoms with van der Waals surface area (Å²) < 4.78 is 1.39. The Hall–Kier alpha value is -3.28. The van der Waals surface area contributed by atoms with Crippen LogP contribution in [-0.4, -0.2) is 19.9 Å². The summed E-state index contributed by atoms with van der Waals surface area (Å²) >= 11 is 0. The molecule has 2 aromatic carbocycles. The molecule has 2 aromatic heterocycles. The van der Waals surface area contributed by atoms with Crippen molar-refractivity contribution in [2.24, 2.45) is 0 Å². The van der Waals surface area contributed by atoms with Gasteiger partial charge in [0.15, 0.2) is 5.52 Å². The molecule has 0 saturated heterocycles. The van der Waals surface area contributed by atoms with Gasteiger partial charge < -0.3 is 0 Å². The molecule has 1 N–H and O–H groups in total. The number of rotatable bonds is 2. The summed E-state index contributed by atoms with van der Waals surface area (Å²) in [5.74, 6) is 0.560. The maximum Gasteiger partial charge on any atom is 0.300 e. The molecule has 23 heavy (non-hydrogen) atoms. The van der Waals surface area contributed by atoms with Gasteiger partial charge in [-0.3, -0.25) is 10.2 Å². The molecule has 4 rings (SSSR count). The van der Waals surface area contributed by atoms with Crippen molar-refractivity contribution in [1.82, 2.24) is 19.9 Å². The average Bonchev–Trinajstić information content (AvgIpc) is 2.59. The van der Waals surface area contributed by atoms with E-state index in [1.54, 1.807) is 6.92 Å². The molecule has 0 saturated carbocycles. The highest BCUT2D eigenvalue weighted by atomic mass is 16.1. The van der Waals surface area contributed by atoms with E-state index in [0.717, 1.165) is 16.6 Å². The quantitative estimate of drug-likeness (QED) is 0.576. The summed E-state index contributed by atoms with van der Waals surface area (Å²) in [6.45, 7) is 1.78. The zero-order chi connectivity index (χ0) is 15.8. The number of aromatic nitrogens is 4. The van der Waals surface area contributed by atoms with Crippen molar-refractivity contribution < 1.29 is 0 Å². The predicted molar refractivity (Wildman–Crippen MR) is 89.3 cm³/mol. The Morgan fingerprint density at radius 1 is 0.913 bits per heavy atom. The van der Waals surface area contributed by atoms with Gasteiger partial charge in [-0.15, -0.1) is 10.2 Å². The molecule has 0 aliphatic carbocycles. The van der Waals surface area contributed by atoms with E-state index >= 15 is 0 Å². The van der Waals surface area contributed by atoms with Gasteiger partial charge in [-0.1, -0.05) is 36.4 Å². The van der Waals surface area contributed by atoms with Crippen LogP contribution < -0.4 is 11.0 Å². The molecular formula is C17H13N5O. The highest BCUT2D eigenvalue weighted by Gasteiger charge is 2.13. The van der Waals surface area contributed by atoms with Gasteiger partial charge in [0, 0.05) is 5.39 Å². The van der Waals surface area contributed by atoms with Crippen LogP contribution in [0.2, 0.25) is 0 Å². The van der Waals surface area contributed by atoms with E-state index in [4.69, 9.17) is 0 Å². The van der Waals surface area contributed by atoms with Gasteiger partial charge in [0.2, 0.25) is 0 Å². The molecule has 0 spiro atoms. The van der Waals surface area contributed by atoms with Crippen molar-refractivity contribution in [3.05, 3.63) is 70.8 Å². The Morgan fingerprint density at radius 3 is 2.48 bits per heavy atom. The second-order valence-electron chi connectivity index (χ2n) is 5.19. The zero-order valence-corrected chi connectivity index (χ0v) is 12.4. The Labute approximate surface area is 131 Å². The van der Waals surface area contributed by atoms with Crippen LogP contribution in [0.3, 0.4) is 0 Å². The number of nitrogens with one attached hydrogen (secondary N) is 1. The van der Waals surface area contributed by atoms with Gasteiger partial charge >= 0.3 is 5.56 Å². The normalized spacial score (nSPS) is 11.0. The summed E-state index contributed by atoms with van der Waals surface area (Å²) in [5.41, 5.74) is 5.13. The fraction of sp³-hybridized carbons (Fsp3) is 0.0588. The van der Waals surface area contributed by atoms with Crippen molar-refractivity contribution in [2.45, 2.75) is 6.92 Å². The molecule has 0 bridgehead atoms. The van der Waals surface area contributed by atoms with Crippen LogP contribution in [0.5, 0.6) is 0 Å². The summed E-state index contributed by atoms with van der Waals surface area (Å²) in [6, 6.07) is 17.0. The molecule has 0 amide bonds. The summed E-state index contributed by atoms with van der Waals surface area (Å²) in [4.78, 5) is 17.3. The summed E-state index contributed by atoms with van der Waals surface area (Å²) in [5, 5.41) is 9.01. The van der Waals surface area contributed by atoms with Crippen LogP contribution in [0.1, 0.15) is 5.82 Å². The molecule has 112 valence electrons. The monoisotopic (exact) mass is 303 g/mol. The van der Waals surface area contributed by atoms with Gasteiger partial charge in [-0.25, -0.2) is 9.66 Å². The standard InChI is InChI=1S/C17H13N5O/c1-11-18-15-13-9-5-6-10-14(13)19-20-16(15)17(23)22(11)21-12-7-3-2-4-8-12/h2-10,21H,1H3. The second kappa shape index (κ2) is 5.17. The SMILES string of the molecule is Cc1nc2c(nnc3ccccc32)c(=O)n1Nc1ccccc1. The Bertz CT molecular complexity index is 1070. The third-order valence-corrected chi connectivity index (χ3v) is 3.66. The molecule has 0 atom stereocenters. The number of fused-ring (bicyclic) bond motifs is 3. The van der Waals surface area contributed by atoms with Crippen LogP contribution in [0, 0.1) is 6.92 Å². The van der Waals surface area contributed by atoms with E-state index in [9.17, 15) is 4.79 Å². The number of nitrogens with zero attached hydrogens (tertiary/aromatic N) is 4. The minimum Gasteiger partial charge on any atom is -0.290 e. The van der Waals surface area contributed by atoms with E-state index in [2.05, 4.69) is 20.6 Å². The van der Waals surface area contributed by atoms with E-state index < -0.39 is 0 Å². The fourth-order valence-corrected chi connectivity index (χ4v) is 2.54. The van der Waals surface area contributed by atoms with Gasteiger partial charge in [-0.05, 0) is 25.1 Å². The first kappa shape index (κ1) is 13.4. The first-order valence-corrected chi connectivity index (χ1v) is 7.21. The number of hydrogen-bond acceptors (Lipinski definition) is 5. The number of benzene rings is 2. The van der Waals surface area contributed by atoms with Crippen molar-refractivity contribution in [1.29, 1.82) is 0 Å². The molecule has 0 unspecified atom stereocenters. The lowest BCUT2D eigenvalue weighted by molar-refractivity contribution is 0.819. The van der Waals surface area contributed by atoms with Gasteiger partial charge in [0.25, 0.3) is 0 Å². The lowest BCUT2D eigenvalue weighted by Crippen LogP contribution is -2.30. The molecule has 0 aliphatic rings. The summed E-state index contributed by atoms with van der Waals surface area (Å²) in [7, 11) is 0. The van der Waals surface area contributed by atoms with Crippen LogP contribution in [0.4, 0.5) is 5.69 Å². The Morgan fingerprint density at radius 2 is 1.65 bits per heavy atom. The molecule has 6 heteroatoms. The van der Waals surface area contributed by atoms with E-state index in [-0.39, 0.29) is 11.1 Å². The van der Waals surface area contributed by atoms with E-state index in [0.29, 0.717) is 11.3 Å². The molecule has 6 nitrogen and oxygen atoms in total. The van der Waals surface area contributed by atoms with Gasteiger partial charge in [0.1, 0.15) is 11.3 Å². The minimum absolute atomic E-state index is 0.248. The first-order chi connectivity index (χ1) is 11.2. The van der Waals surface area contributed by atoms with E-state index in [1.165, 1.54) is 4.68 Å². The highest BCUT2D eigenvalue weighted by molar-refractivity contribution is 6.00. The van der Waals surface area contributed by atoms with Crippen LogP contribution >= 0.6 is 0 Å². The molecule has 4 aromatic rings. The largest absolute Gasteiger partial charge is 0.300 e. The maximum absolute atomic E-state index is 12.8. The number of para-hydroxylation sites is 1. The van der Waals surface area contributed by atoms with Crippen LogP contribution in [0.15, 0.2) is 59.4 Å². The first-order valence-electron chi connectivity index (χ1n) is 7.21. The fourth-order valence-electron chi connectivity index (χ4n) is 2.54. The third kappa shape index (κ3) is 2.20. The van der Waals surface area contributed by atoms with Gasteiger partial charge in [-0.2, -0.15) is 0 Å². The van der Waals surface area contributed by atoms with Gasteiger partial charge in [0.05, 0.1) is 11.2 Å². The minimum atomic E-state index is -0.269. The predicted octanol–water partition coefficient (Wildman–Crippen LogP) is 2.52. The topological polar surface area (TPSA) is 72.7 Å². The zero-order valence-electron chi connectivity index (χ0n) is 12.4. The van der Waals surface area contributed by atoms with Crippen LogP contribution in [-0.2, 0) is 0 Å². The lowest BCUT2D eigenvalue weighted by atomic mass is 10.2. The average molecular weight is 303 g/mol. The maximum atomic E-state index is 12.8.